The lowest BCUT2D eigenvalue weighted by molar-refractivity contribution is -0.142. The molecule has 0 rings (SSSR count). The topological polar surface area (TPSA) is 194 Å². The highest BCUT2D eigenvalue weighted by atomic mass is 16.4. The number of carboxylic acid groups (broad SMARTS) is 1. The van der Waals surface area contributed by atoms with Crippen LogP contribution in [0.5, 0.6) is 0 Å². The van der Waals surface area contributed by atoms with E-state index < -0.39 is 60.7 Å². The van der Waals surface area contributed by atoms with E-state index in [1.54, 1.807) is 13.8 Å². The van der Waals surface area contributed by atoms with Gasteiger partial charge in [0.25, 0.3) is 0 Å². The van der Waals surface area contributed by atoms with Crippen LogP contribution in [0.1, 0.15) is 33.6 Å². The summed E-state index contributed by atoms with van der Waals surface area (Å²) in [5, 5.41) is 15.9. The lowest BCUT2D eigenvalue weighted by Gasteiger charge is -2.26. The minimum absolute atomic E-state index is 0.334. The van der Waals surface area contributed by atoms with Crippen molar-refractivity contribution >= 4 is 29.6 Å². The van der Waals surface area contributed by atoms with E-state index in [0.717, 1.165) is 0 Å². The molecule has 0 saturated carbocycles. The lowest BCUT2D eigenvalue weighted by Crippen LogP contribution is -2.58. The number of nitrogens with two attached hydrogens (primary N) is 2. The smallest absolute Gasteiger partial charge is 0.325 e. The van der Waals surface area contributed by atoms with E-state index in [1.807, 2.05) is 0 Å². The van der Waals surface area contributed by atoms with Gasteiger partial charge in [-0.3, -0.25) is 24.0 Å². The number of hydrogen-bond acceptors (Lipinski definition) is 6. The average molecular weight is 373 g/mol. The van der Waals surface area contributed by atoms with Crippen molar-refractivity contribution in [2.45, 2.75) is 51.7 Å². The predicted octanol–water partition coefficient (Wildman–Crippen LogP) is -2.57. The summed E-state index contributed by atoms with van der Waals surface area (Å²) in [5.74, 6) is -4.55. The number of hydrogen-bond donors (Lipinski definition) is 6. The van der Waals surface area contributed by atoms with Crippen molar-refractivity contribution in [1.82, 2.24) is 16.0 Å². The maximum atomic E-state index is 12.4. The highest BCUT2D eigenvalue weighted by Gasteiger charge is 2.31. The van der Waals surface area contributed by atoms with E-state index in [2.05, 4.69) is 16.0 Å². The molecule has 4 unspecified atom stereocenters. The molecule has 0 aliphatic rings. The summed E-state index contributed by atoms with van der Waals surface area (Å²) >= 11 is 0. The van der Waals surface area contributed by atoms with Gasteiger partial charge in [0.2, 0.25) is 23.6 Å². The summed E-state index contributed by atoms with van der Waals surface area (Å²) < 4.78 is 0. The zero-order valence-electron chi connectivity index (χ0n) is 15.1. The van der Waals surface area contributed by atoms with Crippen LogP contribution < -0.4 is 27.4 Å². The predicted molar refractivity (Wildman–Crippen MR) is 91.4 cm³/mol. The molecule has 26 heavy (non-hydrogen) atoms. The molecule has 148 valence electrons. The lowest BCUT2D eigenvalue weighted by atomic mass is 9.97. The van der Waals surface area contributed by atoms with Crippen molar-refractivity contribution in [2.24, 2.45) is 17.4 Å². The molecule has 0 aromatic rings. The van der Waals surface area contributed by atoms with Crippen molar-refractivity contribution in [3.63, 3.8) is 0 Å². The van der Waals surface area contributed by atoms with Gasteiger partial charge in [-0.2, -0.15) is 0 Å². The van der Waals surface area contributed by atoms with Gasteiger partial charge in [0.05, 0.1) is 13.0 Å². The summed E-state index contributed by atoms with van der Waals surface area (Å²) in [5.41, 5.74) is 10.3. The molecule has 8 N–H and O–H groups in total. The Morgan fingerprint density at radius 3 is 2.00 bits per heavy atom. The van der Waals surface area contributed by atoms with Gasteiger partial charge in [0.15, 0.2) is 0 Å². The number of nitrogens with one attached hydrogen (secondary N) is 3. The SMILES string of the molecule is CCC(C)C(NC(=O)C(CC(N)=O)NC(=O)CN)C(=O)NC(C)C(=O)O. The Morgan fingerprint density at radius 2 is 1.58 bits per heavy atom. The Labute approximate surface area is 151 Å². The molecule has 4 atom stereocenters. The molecule has 0 bridgehead atoms. The molecular formula is C15H27N5O6. The van der Waals surface area contributed by atoms with Gasteiger partial charge in [0.1, 0.15) is 18.1 Å². The van der Waals surface area contributed by atoms with Crippen molar-refractivity contribution < 1.29 is 29.1 Å². The number of aliphatic carboxylic acids is 1. The molecule has 0 aromatic heterocycles. The Kier molecular flexibility index (Phi) is 9.89. The zero-order valence-corrected chi connectivity index (χ0v) is 15.1. The van der Waals surface area contributed by atoms with Crippen LogP contribution >= 0.6 is 0 Å². The zero-order chi connectivity index (χ0) is 20.4. The molecule has 0 aromatic carbocycles. The quantitative estimate of drug-likeness (QED) is 0.229. The Hall–Kier alpha value is -2.69. The molecule has 0 spiro atoms. The molecule has 0 aliphatic heterocycles. The third-order valence-corrected chi connectivity index (χ3v) is 3.76. The standard InChI is InChI=1S/C15H27N5O6/c1-4-7(2)12(14(24)18-8(3)15(25)26)20-13(23)9(5-10(17)21)19-11(22)6-16/h7-9,12H,4-6,16H2,1-3H3,(H2,17,21)(H,18,24)(H,19,22)(H,20,23)(H,25,26). The van der Waals surface area contributed by atoms with Crippen molar-refractivity contribution in [2.75, 3.05) is 6.54 Å². The first-order valence-corrected chi connectivity index (χ1v) is 8.14. The number of rotatable bonds is 11. The van der Waals surface area contributed by atoms with Crippen molar-refractivity contribution in [3.05, 3.63) is 0 Å². The van der Waals surface area contributed by atoms with E-state index in [4.69, 9.17) is 16.6 Å². The number of amides is 4. The fourth-order valence-corrected chi connectivity index (χ4v) is 1.98. The van der Waals surface area contributed by atoms with E-state index >= 15 is 0 Å². The summed E-state index contributed by atoms with van der Waals surface area (Å²) in [4.78, 5) is 58.2. The first kappa shape index (κ1) is 23.3. The molecular weight excluding hydrogens is 346 g/mol. The summed E-state index contributed by atoms with van der Waals surface area (Å²) in [6, 6.07) is -3.50. The van der Waals surface area contributed by atoms with Crippen LogP contribution in [0.2, 0.25) is 0 Å². The second-order valence-electron chi connectivity index (χ2n) is 5.93. The maximum Gasteiger partial charge on any atom is 0.325 e. The van der Waals surface area contributed by atoms with Gasteiger partial charge < -0.3 is 32.5 Å². The number of primary amides is 1. The average Bonchev–Trinajstić information content (AvgIpc) is 2.57. The molecule has 11 nitrogen and oxygen atoms in total. The molecule has 4 amide bonds. The fourth-order valence-electron chi connectivity index (χ4n) is 1.98. The van der Waals surface area contributed by atoms with Crippen LogP contribution in [0.15, 0.2) is 0 Å². The highest BCUT2D eigenvalue weighted by molar-refractivity contribution is 5.95. The van der Waals surface area contributed by atoms with E-state index in [-0.39, 0.29) is 5.92 Å². The van der Waals surface area contributed by atoms with Crippen molar-refractivity contribution in [1.29, 1.82) is 0 Å². The van der Waals surface area contributed by atoms with Crippen LogP contribution in [0, 0.1) is 5.92 Å². The minimum Gasteiger partial charge on any atom is -0.480 e. The number of carbonyl (C=O) groups excluding carboxylic acids is 4. The van der Waals surface area contributed by atoms with Gasteiger partial charge in [-0.05, 0) is 12.8 Å². The monoisotopic (exact) mass is 373 g/mol. The van der Waals surface area contributed by atoms with Gasteiger partial charge in [-0.25, -0.2) is 0 Å². The molecule has 11 heteroatoms. The van der Waals surface area contributed by atoms with Gasteiger partial charge in [0, 0.05) is 0 Å². The fraction of sp³-hybridized carbons (Fsp3) is 0.667. The van der Waals surface area contributed by atoms with Gasteiger partial charge >= 0.3 is 5.97 Å². The first-order chi connectivity index (χ1) is 12.0. The minimum atomic E-state index is -1.29. The summed E-state index contributed by atoms with van der Waals surface area (Å²) in [6.45, 7) is 4.37. The largest absolute Gasteiger partial charge is 0.480 e. The van der Waals surface area contributed by atoms with Gasteiger partial charge in [-0.1, -0.05) is 20.3 Å². The third kappa shape index (κ3) is 7.92. The first-order valence-electron chi connectivity index (χ1n) is 8.14. The molecule has 0 radical (unpaired) electrons. The number of carboxylic acids is 1. The van der Waals surface area contributed by atoms with Gasteiger partial charge in [-0.15, -0.1) is 0 Å². The second kappa shape index (κ2) is 11.0. The summed E-state index contributed by atoms with van der Waals surface area (Å²) in [7, 11) is 0. The van der Waals surface area contributed by atoms with E-state index in [0.29, 0.717) is 6.42 Å². The molecule has 0 aliphatic carbocycles. The Balaban J connectivity index is 5.28. The second-order valence-corrected chi connectivity index (χ2v) is 5.93. The molecule has 0 fully saturated rings. The van der Waals surface area contributed by atoms with Crippen LogP contribution in [0.4, 0.5) is 0 Å². The highest BCUT2D eigenvalue weighted by Crippen LogP contribution is 2.09. The van der Waals surface area contributed by atoms with Crippen LogP contribution in [-0.4, -0.2) is 59.4 Å². The normalized spacial score (nSPS) is 15.1. The Bertz CT molecular complexity index is 553. The van der Waals surface area contributed by atoms with E-state index in [9.17, 15) is 24.0 Å². The van der Waals surface area contributed by atoms with Crippen LogP contribution in [0.3, 0.4) is 0 Å². The number of carbonyl (C=O) groups is 5. The van der Waals surface area contributed by atoms with Crippen molar-refractivity contribution in [3.8, 4) is 0 Å². The molecule has 0 saturated heterocycles. The van der Waals surface area contributed by atoms with Crippen LogP contribution in [-0.2, 0) is 24.0 Å². The Morgan fingerprint density at radius 1 is 1.00 bits per heavy atom. The maximum absolute atomic E-state index is 12.4. The van der Waals surface area contributed by atoms with Crippen LogP contribution in [0.25, 0.3) is 0 Å². The summed E-state index contributed by atoms with van der Waals surface area (Å²) in [6.07, 6.45) is 0.0351. The van der Waals surface area contributed by atoms with E-state index in [1.165, 1.54) is 6.92 Å². The molecule has 0 heterocycles. The third-order valence-electron chi connectivity index (χ3n) is 3.76.